The van der Waals surface area contributed by atoms with Crippen LogP contribution in [0.15, 0.2) is 53.2 Å². The molecule has 222 valence electrons. The van der Waals surface area contributed by atoms with E-state index in [-0.39, 0.29) is 24.1 Å². The van der Waals surface area contributed by atoms with Gasteiger partial charge in [0.25, 0.3) is 23.0 Å². The van der Waals surface area contributed by atoms with Gasteiger partial charge in [0.2, 0.25) is 5.91 Å². The van der Waals surface area contributed by atoms with Crippen molar-refractivity contribution >= 4 is 38.6 Å². The molecule has 2 aromatic heterocycles. The molecule has 0 aliphatic carbocycles. The SMILES string of the molecule is O=C(Cn1nc(C(F)F)cc1C(F)F)N1C=CC(c2nc(C3=NOC(c4c(F)cccc4CS(=O)(=O)O)C3)cs2)=CC1. The zero-order valence-electron chi connectivity index (χ0n) is 21.2. The molecule has 0 radical (unpaired) electrons. The summed E-state index contributed by atoms with van der Waals surface area (Å²) in [5, 5.41) is 9.66. The average molecular weight is 630 g/mol. The second-order valence-electron chi connectivity index (χ2n) is 9.19. The molecule has 5 rings (SSSR count). The number of oxime groups is 1. The zero-order valence-corrected chi connectivity index (χ0v) is 22.8. The van der Waals surface area contributed by atoms with Crippen LogP contribution >= 0.6 is 11.3 Å². The topological polar surface area (TPSA) is 127 Å². The van der Waals surface area contributed by atoms with Crippen LogP contribution in [0.4, 0.5) is 22.0 Å². The van der Waals surface area contributed by atoms with Gasteiger partial charge in [-0.25, -0.2) is 26.9 Å². The third-order valence-electron chi connectivity index (χ3n) is 6.34. The molecular weight excluding hydrogens is 609 g/mol. The maximum absolute atomic E-state index is 14.6. The first-order valence-electron chi connectivity index (χ1n) is 12.1. The predicted molar refractivity (Wildman–Crippen MR) is 140 cm³/mol. The maximum atomic E-state index is 14.6. The van der Waals surface area contributed by atoms with Crippen LogP contribution in [0, 0.1) is 5.82 Å². The number of rotatable bonds is 9. The fourth-order valence-corrected chi connectivity index (χ4v) is 5.90. The fraction of sp³-hybridized carbons (Fsp3) is 0.280. The number of aromatic nitrogens is 3. The summed E-state index contributed by atoms with van der Waals surface area (Å²) in [6.07, 6.45) is -2.34. The standard InChI is InChI=1S/C25H20F5N5O5S2/c26-15-3-1-2-14(12-42(37,38)39)22(15)20-9-16(33-40-20)18-11-41-25(31-18)13-4-6-34(7-5-13)21(36)10-35-19(24(29)30)8-17(32-35)23(27)28/h1-6,8,11,20,23-24H,7,9-10,12H2,(H,37,38,39). The molecule has 0 fully saturated rings. The Balaban J connectivity index is 1.24. The molecule has 0 spiro atoms. The van der Waals surface area contributed by atoms with Gasteiger partial charge in [-0.1, -0.05) is 23.4 Å². The van der Waals surface area contributed by atoms with Crippen LogP contribution in [0.3, 0.4) is 0 Å². The quantitative estimate of drug-likeness (QED) is 0.259. The molecule has 1 N–H and O–H groups in total. The second-order valence-corrected chi connectivity index (χ2v) is 11.5. The van der Waals surface area contributed by atoms with E-state index < -0.39 is 64.5 Å². The number of carbonyl (C=O) groups excluding carboxylic acids is 1. The summed E-state index contributed by atoms with van der Waals surface area (Å²) >= 11 is 1.25. The van der Waals surface area contributed by atoms with Gasteiger partial charge in [-0.05, 0) is 23.8 Å². The average Bonchev–Trinajstić information content (AvgIpc) is 3.68. The molecule has 1 amide bonds. The lowest BCUT2D eigenvalue weighted by Gasteiger charge is -2.20. The molecule has 1 aromatic carbocycles. The molecule has 1 unspecified atom stereocenters. The number of hydrogen-bond donors (Lipinski definition) is 1. The van der Waals surface area contributed by atoms with Crippen molar-refractivity contribution in [1.82, 2.24) is 19.7 Å². The van der Waals surface area contributed by atoms with Crippen LogP contribution in [-0.2, 0) is 32.0 Å². The van der Waals surface area contributed by atoms with Crippen LogP contribution in [0.25, 0.3) is 5.57 Å². The molecule has 42 heavy (non-hydrogen) atoms. The number of halogens is 5. The summed E-state index contributed by atoms with van der Waals surface area (Å²) < 4.78 is 99.5. The van der Waals surface area contributed by atoms with E-state index in [1.54, 1.807) is 17.5 Å². The van der Waals surface area contributed by atoms with Crippen molar-refractivity contribution in [2.75, 3.05) is 6.54 Å². The van der Waals surface area contributed by atoms with Crippen molar-refractivity contribution in [3.8, 4) is 0 Å². The van der Waals surface area contributed by atoms with Crippen molar-refractivity contribution in [1.29, 1.82) is 0 Å². The lowest BCUT2D eigenvalue weighted by atomic mass is 9.98. The van der Waals surface area contributed by atoms with Crippen molar-refractivity contribution < 1.29 is 44.6 Å². The Kier molecular flexibility index (Phi) is 8.25. The van der Waals surface area contributed by atoms with E-state index in [4.69, 9.17) is 4.84 Å². The van der Waals surface area contributed by atoms with E-state index in [9.17, 15) is 39.7 Å². The lowest BCUT2D eigenvalue weighted by Crippen LogP contribution is -2.31. The third-order valence-corrected chi connectivity index (χ3v) is 7.91. The summed E-state index contributed by atoms with van der Waals surface area (Å²) in [6, 6.07) is 4.42. The van der Waals surface area contributed by atoms with Crippen molar-refractivity contribution in [2.24, 2.45) is 5.16 Å². The molecule has 0 bridgehead atoms. The molecule has 1 atom stereocenters. The highest BCUT2D eigenvalue weighted by Crippen LogP contribution is 2.35. The largest absolute Gasteiger partial charge is 0.387 e. The summed E-state index contributed by atoms with van der Waals surface area (Å²) in [5.41, 5.74) is -0.149. The number of alkyl halides is 4. The summed E-state index contributed by atoms with van der Waals surface area (Å²) in [6.45, 7) is -0.598. The smallest absolute Gasteiger partial charge is 0.282 e. The molecule has 0 saturated heterocycles. The first-order valence-corrected chi connectivity index (χ1v) is 14.6. The van der Waals surface area contributed by atoms with E-state index in [0.29, 0.717) is 32.7 Å². The highest BCUT2D eigenvalue weighted by atomic mass is 32.2. The molecule has 0 saturated carbocycles. The minimum absolute atomic E-state index is 0.0341. The van der Waals surface area contributed by atoms with Crippen LogP contribution in [-0.4, -0.2) is 50.8 Å². The molecular formula is C25H20F5N5O5S2. The normalized spacial score (nSPS) is 17.1. The van der Waals surface area contributed by atoms with Crippen LogP contribution in [0.2, 0.25) is 0 Å². The van der Waals surface area contributed by atoms with Crippen molar-refractivity contribution in [3.05, 3.63) is 87.0 Å². The van der Waals surface area contributed by atoms with Gasteiger partial charge < -0.3 is 9.74 Å². The van der Waals surface area contributed by atoms with Gasteiger partial charge >= 0.3 is 0 Å². The van der Waals surface area contributed by atoms with Gasteiger partial charge in [0, 0.05) is 35.7 Å². The lowest BCUT2D eigenvalue weighted by molar-refractivity contribution is -0.129. The minimum atomic E-state index is -4.42. The Morgan fingerprint density at radius 2 is 2.00 bits per heavy atom. The van der Waals surface area contributed by atoms with E-state index in [0.717, 1.165) is 6.07 Å². The molecule has 10 nitrogen and oxygen atoms in total. The number of hydrogen-bond acceptors (Lipinski definition) is 8. The summed E-state index contributed by atoms with van der Waals surface area (Å²) in [7, 11) is -4.42. The molecule has 3 aromatic rings. The van der Waals surface area contributed by atoms with Gasteiger partial charge in [0.05, 0.1) is 5.69 Å². The molecule has 17 heteroatoms. The van der Waals surface area contributed by atoms with Gasteiger partial charge in [-0.3, -0.25) is 14.0 Å². The molecule has 2 aliphatic rings. The monoisotopic (exact) mass is 629 g/mol. The summed E-state index contributed by atoms with van der Waals surface area (Å²) in [5.74, 6) is -2.14. The first-order chi connectivity index (χ1) is 19.9. The number of amides is 1. The van der Waals surface area contributed by atoms with Gasteiger partial charge in [0.15, 0.2) is 6.10 Å². The van der Waals surface area contributed by atoms with E-state index in [2.05, 4.69) is 15.2 Å². The highest BCUT2D eigenvalue weighted by molar-refractivity contribution is 7.85. The van der Waals surface area contributed by atoms with Crippen molar-refractivity contribution in [2.45, 2.75) is 37.7 Å². The van der Waals surface area contributed by atoms with Crippen molar-refractivity contribution in [3.63, 3.8) is 0 Å². The molecule has 2 aliphatic heterocycles. The van der Waals surface area contributed by atoms with Crippen LogP contribution < -0.4 is 0 Å². The van der Waals surface area contributed by atoms with Crippen LogP contribution in [0.5, 0.6) is 0 Å². The van der Waals surface area contributed by atoms with E-state index in [1.807, 2.05) is 0 Å². The number of thiazole rings is 1. The molecule has 4 heterocycles. The van der Waals surface area contributed by atoms with Gasteiger partial charge in [0.1, 0.15) is 40.2 Å². The predicted octanol–water partition coefficient (Wildman–Crippen LogP) is 5.05. The van der Waals surface area contributed by atoms with Gasteiger partial charge in [-0.2, -0.15) is 13.5 Å². The third kappa shape index (κ3) is 6.42. The zero-order chi connectivity index (χ0) is 30.2. The first kappa shape index (κ1) is 29.5. The number of nitrogens with zero attached hydrogens (tertiary/aromatic N) is 5. The number of carbonyl (C=O) groups is 1. The Hall–Kier alpha value is -3.96. The number of allylic oxidation sites excluding steroid dienone is 2. The van der Waals surface area contributed by atoms with E-state index in [1.165, 1.54) is 34.6 Å². The Morgan fingerprint density at radius 1 is 1.21 bits per heavy atom. The fourth-order valence-electron chi connectivity index (χ4n) is 4.41. The van der Waals surface area contributed by atoms with Crippen LogP contribution in [0.1, 0.15) is 58.6 Å². The second kappa shape index (κ2) is 11.7. The highest BCUT2D eigenvalue weighted by Gasteiger charge is 2.31. The maximum Gasteiger partial charge on any atom is 0.282 e. The number of benzene rings is 1. The summed E-state index contributed by atoms with van der Waals surface area (Å²) in [4.78, 5) is 23.8. The Bertz CT molecular complexity index is 1720. The Morgan fingerprint density at radius 3 is 2.67 bits per heavy atom. The Labute approximate surface area is 239 Å². The minimum Gasteiger partial charge on any atom is -0.387 e. The van der Waals surface area contributed by atoms with E-state index >= 15 is 0 Å². The van der Waals surface area contributed by atoms with Gasteiger partial charge in [-0.15, -0.1) is 11.3 Å².